The summed E-state index contributed by atoms with van der Waals surface area (Å²) in [7, 11) is 0. The fraction of sp³-hybridized carbons (Fsp3) is 0.308. The summed E-state index contributed by atoms with van der Waals surface area (Å²) in [5.41, 5.74) is 1.07. The fourth-order valence-electron chi connectivity index (χ4n) is 1.24. The van der Waals surface area contributed by atoms with Gasteiger partial charge < -0.3 is 4.74 Å². The maximum atomic E-state index is 11.1. The van der Waals surface area contributed by atoms with Crippen LogP contribution in [0.1, 0.15) is 36.5 Å². The van der Waals surface area contributed by atoms with Gasteiger partial charge in [-0.1, -0.05) is 12.1 Å². The number of esters is 1. The van der Waals surface area contributed by atoms with Crippen LogP contribution in [0.2, 0.25) is 0 Å². The van der Waals surface area contributed by atoms with Gasteiger partial charge in [-0.2, -0.15) is 0 Å². The lowest BCUT2D eigenvalue weighted by atomic mass is 10.2. The van der Waals surface area contributed by atoms with E-state index < -0.39 is 0 Å². The minimum absolute atomic E-state index is 0.0781. The number of hydrogen-bond acceptors (Lipinski definition) is 4. The second kappa shape index (κ2) is 6.58. The fourth-order valence-corrected chi connectivity index (χ4v) is 1.24. The molecule has 0 saturated carbocycles. The van der Waals surface area contributed by atoms with Crippen LogP contribution in [0.3, 0.4) is 0 Å². The zero-order valence-corrected chi connectivity index (χ0v) is 9.97. The highest BCUT2D eigenvalue weighted by molar-refractivity contribution is 5.92. The average Bonchev–Trinajstić information content (AvgIpc) is 2.30. The van der Waals surface area contributed by atoms with Crippen LogP contribution in [0.5, 0.6) is 0 Å². The number of aromatic nitrogens is 1. The molecule has 0 saturated heterocycles. The molecule has 0 unspecified atom stereocenters. The van der Waals surface area contributed by atoms with Crippen LogP contribution in [0.15, 0.2) is 24.3 Å². The van der Waals surface area contributed by atoms with Crippen LogP contribution in [0.25, 0.3) is 6.08 Å². The highest BCUT2D eigenvalue weighted by atomic mass is 16.5. The van der Waals surface area contributed by atoms with E-state index in [1.54, 1.807) is 37.3 Å². The Balaban J connectivity index is 2.62. The molecule has 0 atom stereocenters. The second-order valence-corrected chi connectivity index (χ2v) is 3.42. The Hall–Kier alpha value is -1.97. The molecule has 90 valence electrons. The number of Topliss-reactive ketones (excluding diaryl/α,β-unsaturated/α-hetero) is 1. The van der Waals surface area contributed by atoms with E-state index in [-0.39, 0.29) is 18.2 Å². The van der Waals surface area contributed by atoms with E-state index in [1.165, 1.54) is 6.92 Å². The maximum Gasteiger partial charge on any atom is 0.309 e. The lowest BCUT2D eigenvalue weighted by Crippen LogP contribution is -2.01. The molecule has 4 heteroatoms. The predicted molar refractivity (Wildman–Crippen MR) is 64.5 cm³/mol. The van der Waals surface area contributed by atoms with Crippen molar-refractivity contribution in [2.75, 3.05) is 6.61 Å². The van der Waals surface area contributed by atoms with Gasteiger partial charge in [-0.05, 0) is 25.1 Å². The first-order valence-corrected chi connectivity index (χ1v) is 5.43. The molecule has 0 fully saturated rings. The van der Waals surface area contributed by atoms with Crippen LogP contribution in [0.4, 0.5) is 0 Å². The van der Waals surface area contributed by atoms with Crippen LogP contribution >= 0.6 is 0 Å². The van der Waals surface area contributed by atoms with E-state index in [4.69, 9.17) is 4.74 Å². The molecule has 1 rings (SSSR count). The number of carbonyl (C=O) groups excluding carboxylic acids is 2. The Morgan fingerprint density at radius 2 is 2.18 bits per heavy atom. The van der Waals surface area contributed by atoms with Gasteiger partial charge in [0.15, 0.2) is 5.78 Å². The summed E-state index contributed by atoms with van der Waals surface area (Å²) < 4.78 is 4.78. The van der Waals surface area contributed by atoms with Gasteiger partial charge in [0.25, 0.3) is 0 Å². The summed E-state index contributed by atoms with van der Waals surface area (Å²) in [6.07, 6.45) is 3.58. The number of rotatable bonds is 5. The van der Waals surface area contributed by atoms with Crippen molar-refractivity contribution < 1.29 is 14.3 Å². The molecule has 0 amide bonds. The summed E-state index contributed by atoms with van der Waals surface area (Å²) in [4.78, 5) is 26.3. The molecule has 1 aromatic rings. The minimum atomic E-state index is -0.272. The molecular weight excluding hydrogens is 218 g/mol. The molecule has 0 aliphatic heterocycles. The number of nitrogens with zero attached hydrogens (tertiary/aromatic N) is 1. The van der Waals surface area contributed by atoms with Crippen molar-refractivity contribution >= 4 is 17.8 Å². The van der Waals surface area contributed by atoms with Crippen molar-refractivity contribution in [3.05, 3.63) is 35.7 Å². The molecule has 0 aromatic carbocycles. The summed E-state index contributed by atoms with van der Waals surface area (Å²) in [6, 6.07) is 5.19. The Labute approximate surface area is 100 Å². The molecule has 0 aliphatic carbocycles. The molecule has 1 aromatic heterocycles. The van der Waals surface area contributed by atoms with Gasteiger partial charge in [0.2, 0.25) is 0 Å². The van der Waals surface area contributed by atoms with Gasteiger partial charge in [0.1, 0.15) is 5.69 Å². The number of ketones is 1. The lowest BCUT2D eigenvalue weighted by molar-refractivity contribution is -0.142. The highest BCUT2D eigenvalue weighted by Gasteiger charge is 2.00. The number of hydrogen-bond donors (Lipinski definition) is 0. The molecule has 0 radical (unpaired) electrons. The first kappa shape index (κ1) is 13.1. The standard InChI is InChI=1S/C13H15NO3/c1-3-17-13(16)9-5-7-11-6-4-8-12(14-11)10(2)15/h4-8H,3,9H2,1-2H3. The molecule has 0 N–H and O–H groups in total. The van der Waals surface area contributed by atoms with Crippen LogP contribution < -0.4 is 0 Å². The number of carbonyl (C=O) groups is 2. The van der Waals surface area contributed by atoms with E-state index in [2.05, 4.69) is 4.98 Å². The molecule has 4 nitrogen and oxygen atoms in total. The number of pyridine rings is 1. The van der Waals surface area contributed by atoms with Crippen LogP contribution in [-0.4, -0.2) is 23.3 Å². The molecular formula is C13H15NO3. The van der Waals surface area contributed by atoms with Gasteiger partial charge >= 0.3 is 5.97 Å². The molecule has 17 heavy (non-hydrogen) atoms. The van der Waals surface area contributed by atoms with Gasteiger partial charge in [-0.25, -0.2) is 4.98 Å². The summed E-state index contributed by atoms with van der Waals surface area (Å²) in [5, 5.41) is 0. The summed E-state index contributed by atoms with van der Waals surface area (Å²) in [5.74, 6) is -0.350. The van der Waals surface area contributed by atoms with Crippen molar-refractivity contribution in [3.8, 4) is 0 Å². The second-order valence-electron chi connectivity index (χ2n) is 3.42. The van der Waals surface area contributed by atoms with Crippen molar-refractivity contribution in [1.29, 1.82) is 0 Å². The Morgan fingerprint density at radius 1 is 1.41 bits per heavy atom. The van der Waals surface area contributed by atoms with Gasteiger partial charge in [-0.3, -0.25) is 9.59 Å². The van der Waals surface area contributed by atoms with Crippen molar-refractivity contribution in [1.82, 2.24) is 4.98 Å². The maximum absolute atomic E-state index is 11.1. The zero-order valence-electron chi connectivity index (χ0n) is 9.97. The third-order valence-electron chi connectivity index (χ3n) is 2.01. The third-order valence-corrected chi connectivity index (χ3v) is 2.01. The van der Waals surface area contributed by atoms with E-state index >= 15 is 0 Å². The van der Waals surface area contributed by atoms with Crippen molar-refractivity contribution in [2.24, 2.45) is 0 Å². The van der Waals surface area contributed by atoms with E-state index in [0.717, 1.165) is 0 Å². The van der Waals surface area contributed by atoms with Gasteiger partial charge in [-0.15, -0.1) is 0 Å². The summed E-state index contributed by atoms with van der Waals surface area (Å²) in [6.45, 7) is 3.61. The largest absolute Gasteiger partial charge is 0.466 e. The van der Waals surface area contributed by atoms with E-state index in [0.29, 0.717) is 18.0 Å². The van der Waals surface area contributed by atoms with Crippen LogP contribution in [0, 0.1) is 0 Å². The summed E-state index contributed by atoms with van der Waals surface area (Å²) >= 11 is 0. The molecule has 1 heterocycles. The van der Waals surface area contributed by atoms with Crippen molar-refractivity contribution in [3.63, 3.8) is 0 Å². The van der Waals surface area contributed by atoms with Gasteiger partial charge in [0, 0.05) is 6.92 Å². The van der Waals surface area contributed by atoms with E-state index in [1.807, 2.05) is 0 Å². The SMILES string of the molecule is CCOC(=O)CC=Cc1cccc(C(C)=O)n1. The smallest absolute Gasteiger partial charge is 0.309 e. The predicted octanol–water partition coefficient (Wildman–Crippen LogP) is 2.25. The Bertz CT molecular complexity index is 438. The lowest BCUT2D eigenvalue weighted by Gasteiger charge is -1.98. The third kappa shape index (κ3) is 4.59. The Kier molecular flexibility index (Phi) is 5.07. The molecule has 0 bridgehead atoms. The first-order chi connectivity index (χ1) is 8.13. The Morgan fingerprint density at radius 3 is 2.82 bits per heavy atom. The quantitative estimate of drug-likeness (QED) is 0.578. The molecule has 0 aliphatic rings. The minimum Gasteiger partial charge on any atom is -0.466 e. The number of ether oxygens (including phenoxy) is 1. The molecule has 0 spiro atoms. The average molecular weight is 233 g/mol. The highest BCUT2D eigenvalue weighted by Crippen LogP contribution is 2.03. The topological polar surface area (TPSA) is 56.3 Å². The monoisotopic (exact) mass is 233 g/mol. The van der Waals surface area contributed by atoms with Crippen LogP contribution in [-0.2, 0) is 9.53 Å². The zero-order chi connectivity index (χ0) is 12.7. The van der Waals surface area contributed by atoms with Crippen molar-refractivity contribution in [2.45, 2.75) is 20.3 Å². The van der Waals surface area contributed by atoms with E-state index in [9.17, 15) is 9.59 Å². The first-order valence-electron chi connectivity index (χ1n) is 5.43. The normalized spacial score (nSPS) is 10.5. The van der Waals surface area contributed by atoms with Gasteiger partial charge in [0.05, 0.1) is 18.7 Å².